The first-order valence-corrected chi connectivity index (χ1v) is 12.3. The smallest absolute Gasteiger partial charge is 0.408 e. The molecule has 2 atom stereocenters. The molecule has 3 rings (SSSR count). The third-order valence-corrected chi connectivity index (χ3v) is 6.61. The molecular weight excluding hydrogens is 420 g/mol. The van der Waals surface area contributed by atoms with Gasteiger partial charge >= 0.3 is 12.1 Å². The lowest BCUT2D eigenvalue weighted by Crippen LogP contribution is -2.56. The number of hydrogen-bond acceptors (Lipinski definition) is 4. The van der Waals surface area contributed by atoms with Crippen molar-refractivity contribution in [1.82, 2.24) is 10.6 Å². The number of hydrogen-bond donors (Lipinski definition) is 3. The number of amides is 2. The summed E-state index contributed by atoms with van der Waals surface area (Å²) in [6.45, 7) is 5.30. The first kappa shape index (κ1) is 25.1. The van der Waals surface area contributed by atoms with Gasteiger partial charge in [-0.05, 0) is 81.9 Å². The van der Waals surface area contributed by atoms with Crippen LogP contribution in [-0.4, -0.2) is 40.8 Å². The van der Waals surface area contributed by atoms with Crippen molar-refractivity contribution in [1.29, 1.82) is 0 Å². The second-order valence-corrected chi connectivity index (χ2v) is 10.4. The van der Waals surface area contributed by atoms with Gasteiger partial charge in [0.2, 0.25) is 5.91 Å². The van der Waals surface area contributed by atoms with Crippen molar-refractivity contribution in [3.63, 3.8) is 0 Å². The minimum absolute atomic E-state index is 0.0369. The SMILES string of the molecule is CC(C)(C)OC(=O)N[C@H](C(=O)N[C@@H](Cc1cccc2c1CCCC2)C(=O)O)C1CCCCC1. The Morgan fingerprint density at radius 2 is 1.73 bits per heavy atom. The van der Waals surface area contributed by atoms with E-state index in [0.717, 1.165) is 63.4 Å². The first-order valence-electron chi connectivity index (χ1n) is 12.3. The second-order valence-electron chi connectivity index (χ2n) is 10.4. The molecule has 2 aliphatic rings. The number of carboxylic acid groups (broad SMARTS) is 1. The molecule has 0 aliphatic heterocycles. The van der Waals surface area contributed by atoms with E-state index in [9.17, 15) is 19.5 Å². The van der Waals surface area contributed by atoms with E-state index in [4.69, 9.17) is 4.74 Å². The molecule has 1 fully saturated rings. The Hall–Kier alpha value is -2.57. The fraction of sp³-hybridized carbons (Fsp3) is 0.654. The molecule has 0 radical (unpaired) electrons. The zero-order chi connectivity index (χ0) is 24.0. The Bertz CT molecular complexity index is 855. The van der Waals surface area contributed by atoms with Crippen LogP contribution in [0.15, 0.2) is 18.2 Å². The Kier molecular flexibility index (Phi) is 8.38. The highest BCUT2D eigenvalue weighted by Gasteiger charge is 2.34. The van der Waals surface area contributed by atoms with Gasteiger partial charge in [-0.1, -0.05) is 37.5 Å². The molecule has 2 aliphatic carbocycles. The Balaban J connectivity index is 1.75. The van der Waals surface area contributed by atoms with Crippen molar-refractivity contribution in [2.45, 2.75) is 103 Å². The number of carbonyl (C=O) groups excluding carboxylic acids is 2. The average molecular weight is 459 g/mol. The fourth-order valence-electron chi connectivity index (χ4n) is 5.03. The van der Waals surface area contributed by atoms with Crippen LogP contribution >= 0.6 is 0 Å². The number of carboxylic acids is 1. The van der Waals surface area contributed by atoms with Gasteiger partial charge in [-0.15, -0.1) is 0 Å². The molecule has 0 heterocycles. The van der Waals surface area contributed by atoms with Gasteiger partial charge in [0.1, 0.15) is 17.7 Å². The van der Waals surface area contributed by atoms with Gasteiger partial charge in [0.15, 0.2) is 0 Å². The fourth-order valence-corrected chi connectivity index (χ4v) is 5.03. The number of fused-ring (bicyclic) bond motifs is 1. The van der Waals surface area contributed by atoms with Crippen molar-refractivity contribution in [2.24, 2.45) is 5.92 Å². The van der Waals surface area contributed by atoms with Crippen molar-refractivity contribution in [2.75, 3.05) is 0 Å². The quantitative estimate of drug-likeness (QED) is 0.569. The van der Waals surface area contributed by atoms with Gasteiger partial charge in [-0.3, -0.25) is 4.79 Å². The van der Waals surface area contributed by atoms with Crippen LogP contribution in [0.1, 0.15) is 82.4 Å². The molecule has 0 aromatic heterocycles. The number of rotatable bonds is 7. The third-order valence-electron chi connectivity index (χ3n) is 6.61. The predicted octanol–water partition coefficient (Wildman–Crippen LogP) is 4.15. The van der Waals surface area contributed by atoms with Gasteiger partial charge in [-0.25, -0.2) is 9.59 Å². The van der Waals surface area contributed by atoms with Crippen LogP contribution in [0.3, 0.4) is 0 Å². The Labute approximate surface area is 196 Å². The number of benzene rings is 1. The topological polar surface area (TPSA) is 105 Å². The molecule has 0 spiro atoms. The maximum atomic E-state index is 13.3. The number of aryl methyl sites for hydroxylation is 1. The molecule has 1 aromatic rings. The summed E-state index contributed by atoms with van der Waals surface area (Å²) < 4.78 is 5.37. The van der Waals surface area contributed by atoms with Crippen molar-refractivity contribution in [3.8, 4) is 0 Å². The van der Waals surface area contributed by atoms with Crippen LogP contribution < -0.4 is 10.6 Å². The number of ether oxygens (including phenoxy) is 1. The highest BCUT2D eigenvalue weighted by molar-refractivity contribution is 5.89. The number of nitrogens with one attached hydrogen (secondary N) is 2. The summed E-state index contributed by atoms with van der Waals surface area (Å²) >= 11 is 0. The lowest BCUT2D eigenvalue weighted by atomic mass is 9.83. The summed E-state index contributed by atoms with van der Waals surface area (Å²) in [7, 11) is 0. The van der Waals surface area contributed by atoms with Gasteiger partial charge in [0.05, 0.1) is 0 Å². The Morgan fingerprint density at radius 1 is 1.03 bits per heavy atom. The van der Waals surface area contributed by atoms with Crippen molar-refractivity contribution in [3.05, 3.63) is 34.9 Å². The van der Waals surface area contributed by atoms with Gasteiger partial charge in [-0.2, -0.15) is 0 Å². The van der Waals surface area contributed by atoms with E-state index in [2.05, 4.69) is 16.7 Å². The molecule has 0 unspecified atom stereocenters. The first-order chi connectivity index (χ1) is 15.6. The summed E-state index contributed by atoms with van der Waals surface area (Å²) in [4.78, 5) is 37.8. The standard InChI is InChI=1S/C26H38N2O5/c1-26(2,3)33-25(32)28-22(18-11-5-4-6-12-18)23(29)27-21(24(30)31)16-19-14-9-13-17-10-7-8-15-20(17)19/h9,13-14,18,21-22H,4-8,10-12,15-16H2,1-3H3,(H,27,29)(H,28,32)(H,30,31)/t21-,22-/m0/s1. The van der Waals surface area contributed by atoms with E-state index >= 15 is 0 Å². The maximum absolute atomic E-state index is 13.3. The summed E-state index contributed by atoms with van der Waals surface area (Å²) in [6.07, 6.45) is 8.49. The largest absolute Gasteiger partial charge is 0.480 e. The zero-order valence-electron chi connectivity index (χ0n) is 20.1. The van der Waals surface area contributed by atoms with E-state index in [1.807, 2.05) is 12.1 Å². The summed E-state index contributed by atoms with van der Waals surface area (Å²) in [5, 5.41) is 15.4. The summed E-state index contributed by atoms with van der Waals surface area (Å²) in [5.41, 5.74) is 2.79. The van der Waals surface area contributed by atoms with Gasteiger partial charge < -0.3 is 20.5 Å². The van der Waals surface area contributed by atoms with E-state index in [-0.39, 0.29) is 12.3 Å². The van der Waals surface area contributed by atoms with Crippen molar-refractivity contribution >= 4 is 18.0 Å². The summed E-state index contributed by atoms with van der Waals surface area (Å²) in [6, 6.07) is 4.17. The molecule has 1 saturated carbocycles. The minimum Gasteiger partial charge on any atom is -0.480 e. The van der Waals surface area contributed by atoms with E-state index in [1.54, 1.807) is 20.8 Å². The maximum Gasteiger partial charge on any atom is 0.408 e. The van der Waals surface area contributed by atoms with Gasteiger partial charge in [0, 0.05) is 6.42 Å². The highest BCUT2D eigenvalue weighted by Crippen LogP contribution is 2.28. The molecule has 0 bridgehead atoms. The average Bonchev–Trinajstić information content (AvgIpc) is 2.76. The van der Waals surface area contributed by atoms with Crippen molar-refractivity contribution < 1.29 is 24.2 Å². The molecule has 7 nitrogen and oxygen atoms in total. The van der Waals surface area contributed by atoms with E-state index < -0.39 is 35.7 Å². The predicted molar refractivity (Wildman–Crippen MR) is 126 cm³/mol. The van der Waals surface area contributed by atoms with Crippen LogP contribution in [-0.2, 0) is 33.6 Å². The second kappa shape index (κ2) is 11.0. The van der Waals surface area contributed by atoms with Crippen LogP contribution in [0, 0.1) is 5.92 Å². The van der Waals surface area contributed by atoms with Crippen LogP contribution in [0.2, 0.25) is 0 Å². The molecule has 7 heteroatoms. The minimum atomic E-state index is -1.07. The van der Waals surface area contributed by atoms with Crippen LogP contribution in [0.25, 0.3) is 0 Å². The number of alkyl carbamates (subject to hydrolysis) is 1. The monoisotopic (exact) mass is 458 g/mol. The molecule has 0 saturated heterocycles. The lowest BCUT2D eigenvalue weighted by Gasteiger charge is -2.32. The lowest BCUT2D eigenvalue weighted by molar-refractivity contribution is -0.142. The van der Waals surface area contributed by atoms with Crippen LogP contribution in [0.4, 0.5) is 4.79 Å². The number of carbonyl (C=O) groups is 3. The normalized spacial score (nSPS) is 18.5. The molecular formula is C26H38N2O5. The van der Waals surface area contributed by atoms with Crippen LogP contribution in [0.5, 0.6) is 0 Å². The van der Waals surface area contributed by atoms with E-state index in [0.29, 0.717) is 0 Å². The summed E-state index contributed by atoms with van der Waals surface area (Å²) in [5.74, 6) is -1.56. The zero-order valence-corrected chi connectivity index (χ0v) is 20.1. The molecule has 182 valence electrons. The Morgan fingerprint density at radius 3 is 2.39 bits per heavy atom. The molecule has 1 aromatic carbocycles. The molecule has 3 N–H and O–H groups in total. The third kappa shape index (κ3) is 7.21. The number of aliphatic carboxylic acids is 1. The van der Waals surface area contributed by atoms with E-state index in [1.165, 1.54) is 11.1 Å². The molecule has 33 heavy (non-hydrogen) atoms. The molecule has 2 amide bonds. The van der Waals surface area contributed by atoms with Gasteiger partial charge in [0.25, 0.3) is 0 Å². The highest BCUT2D eigenvalue weighted by atomic mass is 16.6.